The predicted molar refractivity (Wildman–Crippen MR) is 113 cm³/mol. The number of hydrogen-bond donors (Lipinski definition) is 1. The van der Waals surface area contributed by atoms with E-state index in [2.05, 4.69) is 10.1 Å². The number of carboxylic acid groups (broad SMARTS) is 1. The number of nitrogens with zero attached hydrogens (tertiary/aromatic N) is 2. The van der Waals surface area contributed by atoms with E-state index in [9.17, 15) is 14.3 Å². The van der Waals surface area contributed by atoms with Gasteiger partial charge in [0.25, 0.3) is 0 Å². The number of carbonyl (C=O) groups is 1. The van der Waals surface area contributed by atoms with Crippen LogP contribution in [0.5, 0.6) is 0 Å². The van der Waals surface area contributed by atoms with Crippen molar-refractivity contribution in [3.8, 4) is 0 Å². The Bertz CT molecular complexity index is 916. The molecule has 0 amide bonds. The van der Waals surface area contributed by atoms with E-state index in [1.807, 2.05) is 31.2 Å². The van der Waals surface area contributed by atoms with Crippen molar-refractivity contribution in [2.24, 2.45) is 10.6 Å². The number of benzene rings is 2. The molecule has 0 radical (unpaired) electrons. The summed E-state index contributed by atoms with van der Waals surface area (Å²) in [7, 11) is 0. The van der Waals surface area contributed by atoms with Crippen LogP contribution in [0.4, 0.5) is 4.39 Å². The Labute approximate surface area is 176 Å². The van der Waals surface area contributed by atoms with Gasteiger partial charge < -0.3 is 9.94 Å². The van der Waals surface area contributed by atoms with Crippen LogP contribution in [0.3, 0.4) is 0 Å². The molecular weight excluding hydrogens is 383 g/mol. The summed E-state index contributed by atoms with van der Waals surface area (Å²) in [6, 6.07) is 14.6. The van der Waals surface area contributed by atoms with Gasteiger partial charge in [0.1, 0.15) is 11.9 Å². The van der Waals surface area contributed by atoms with Crippen LogP contribution in [0.25, 0.3) is 0 Å². The number of rotatable bonds is 6. The molecule has 4 rings (SSSR count). The van der Waals surface area contributed by atoms with Gasteiger partial charge in [-0.15, -0.1) is 0 Å². The zero-order valence-electron chi connectivity index (χ0n) is 17.2. The Morgan fingerprint density at radius 2 is 1.83 bits per heavy atom. The number of aliphatic carboxylic acids is 1. The quantitative estimate of drug-likeness (QED) is 0.768. The summed E-state index contributed by atoms with van der Waals surface area (Å²) < 4.78 is 13.1. The van der Waals surface area contributed by atoms with Crippen LogP contribution in [0.1, 0.15) is 42.4 Å². The Balaban J connectivity index is 1.35. The average Bonchev–Trinajstić information content (AvgIpc) is 3.20. The number of likely N-dealkylation sites (tertiary alicyclic amines) is 1. The van der Waals surface area contributed by atoms with Crippen molar-refractivity contribution in [1.29, 1.82) is 0 Å². The number of oxime groups is 1. The molecule has 0 saturated carbocycles. The molecule has 2 aromatic carbocycles. The third-order valence-electron chi connectivity index (χ3n) is 6.32. The second-order valence-corrected chi connectivity index (χ2v) is 8.53. The van der Waals surface area contributed by atoms with Crippen LogP contribution in [0.15, 0.2) is 53.7 Å². The Morgan fingerprint density at radius 3 is 2.47 bits per heavy atom. The van der Waals surface area contributed by atoms with Gasteiger partial charge in [0.15, 0.2) is 0 Å². The van der Waals surface area contributed by atoms with E-state index in [-0.39, 0.29) is 11.9 Å². The largest absolute Gasteiger partial charge is 0.481 e. The first-order chi connectivity index (χ1) is 14.4. The highest BCUT2D eigenvalue weighted by atomic mass is 19.1. The Kier molecular flexibility index (Phi) is 5.86. The highest BCUT2D eigenvalue weighted by Gasteiger charge is 2.44. The minimum atomic E-state index is -0.789. The lowest BCUT2D eigenvalue weighted by molar-refractivity contribution is -0.155. The van der Waals surface area contributed by atoms with Gasteiger partial charge in [-0.3, -0.25) is 9.69 Å². The molecule has 0 aliphatic carbocycles. The SMILES string of the molecule is Cc1ccc(C2=NO[C@@H](CC3(C(=O)O)CCN(Cc4ccc(F)cc4)CC3)C2)cc1. The molecule has 2 aliphatic heterocycles. The maximum absolute atomic E-state index is 13.1. The summed E-state index contributed by atoms with van der Waals surface area (Å²) >= 11 is 0. The number of aryl methyl sites for hydroxylation is 1. The molecule has 0 aromatic heterocycles. The number of carboxylic acids is 1. The molecule has 1 fully saturated rings. The van der Waals surface area contributed by atoms with Gasteiger partial charge in [-0.2, -0.15) is 0 Å². The van der Waals surface area contributed by atoms with Gasteiger partial charge >= 0.3 is 5.97 Å². The first-order valence-corrected chi connectivity index (χ1v) is 10.4. The van der Waals surface area contributed by atoms with Crippen molar-refractivity contribution in [2.75, 3.05) is 13.1 Å². The minimum Gasteiger partial charge on any atom is -0.481 e. The minimum absolute atomic E-state index is 0.207. The van der Waals surface area contributed by atoms with Crippen LogP contribution in [0.2, 0.25) is 0 Å². The molecule has 30 heavy (non-hydrogen) atoms. The molecule has 5 nitrogen and oxygen atoms in total. The maximum Gasteiger partial charge on any atom is 0.309 e. The van der Waals surface area contributed by atoms with Gasteiger partial charge in [-0.25, -0.2) is 4.39 Å². The first-order valence-electron chi connectivity index (χ1n) is 10.4. The lowest BCUT2D eigenvalue weighted by Crippen LogP contribution is -2.45. The fraction of sp³-hybridized carbons (Fsp3) is 0.417. The molecule has 1 N–H and O–H groups in total. The summed E-state index contributed by atoms with van der Waals surface area (Å²) in [5.74, 6) is -0.998. The fourth-order valence-electron chi connectivity index (χ4n) is 4.38. The second-order valence-electron chi connectivity index (χ2n) is 8.53. The van der Waals surface area contributed by atoms with Crippen LogP contribution in [-0.2, 0) is 16.2 Å². The monoisotopic (exact) mass is 410 g/mol. The smallest absolute Gasteiger partial charge is 0.309 e. The standard InChI is InChI=1S/C24H27FN2O3/c1-17-2-6-19(7-3-17)22-14-21(30-26-22)15-24(23(28)29)10-12-27(13-11-24)16-18-4-8-20(25)9-5-18/h2-9,21H,10-16H2,1H3,(H,28,29)/t21-/m1/s1. The van der Waals surface area contributed by atoms with Crippen molar-refractivity contribution in [2.45, 2.75) is 45.3 Å². The van der Waals surface area contributed by atoms with E-state index in [4.69, 9.17) is 4.84 Å². The van der Waals surface area contributed by atoms with Crippen molar-refractivity contribution in [1.82, 2.24) is 4.90 Å². The van der Waals surface area contributed by atoms with Crippen LogP contribution in [0, 0.1) is 18.2 Å². The molecule has 158 valence electrons. The molecule has 2 aromatic rings. The third-order valence-corrected chi connectivity index (χ3v) is 6.32. The molecule has 1 saturated heterocycles. The van der Waals surface area contributed by atoms with E-state index in [1.54, 1.807) is 12.1 Å². The summed E-state index contributed by atoms with van der Waals surface area (Å²) in [6.07, 6.45) is 2.04. The van der Waals surface area contributed by atoms with Crippen LogP contribution < -0.4 is 0 Å². The molecular formula is C24H27FN2O3. The number of hydrogen-bond acceptors (Lipinski definition) is 4. The van der Waals surface area contributed by atoms with Gasteiger partial charge in [0.05, 0.1) is 11.1 Å². The molecule has 2 heterocycles. The predicted octanol–water partition coefficient (Wildman–Crippen LogP) is 4.38. The zero-order chi connectivity index (χ0) is 21.1. The number of piperidine rings is 1. The third kappa shape index (κ3) is 4.54. The number of halogens is 1. The highest BCUT2D eigenvalue weighted by molar-refractivity contribution is 6.01. The Hall–Kier alpha value is -2.73. The van der Waals surface area contributed by atoms with Crippen LogP contribution in [-0.4, -0.2) is 40.9 Å². The van der Waals surface area contributed by atoms with E-state index in [0.717, 1.165) is 16.8 Å². The van der Waals surface area contributed by atoms with Crippen molar-refractivity contribution < 1.29 is 19.1 Å². The lowest BCUT2D eigenvalue weighted by Gasteiger charge is -2.39. The highest BCUT2D eigenvalue weighted by Crippen LogP contribution is 2.39. The molecule has 0 bridgehead atoms. The summed E-state index contributed by atoms with van der Waals surface area (Å²) in [6.45, 7) is 4.14. The Morgan fingerprint density at radius 1 is 1.17 bits per heavy atom. The zero-order valence-corrected chi connectivity index (χ0v) is 17.2. The summed E-state index contributed by atoms with van der Waals surface area (Å²) in [4.78, 5) is 20.1. The second kappa shape index (κ2) is 8.56. The lowest BCUT2D eigenvalue weighted by atomic mass is 9.73. The van der Waals surface area contributed by atoms with Crippen molar-refractivity contribution in [3.63, 3.8) is 0 Å². The summed E-state index contributed by atoms with van der Waals surface area (Å²) in [5, 5.41) is 14.2. The molecule has 0 spiro atoms. The van der Waals surface area contributed by atoms with Gasteiger partial charge in [-0.1, -0.05) is 47.1 Å². The maximum atomic E-state index is 13.1. The van der Waals surface area contributed by atoms with E-state index in [1.165, 1.54) is 17.7 Å². The van der Waals surface area contributed by atoms with Gasteiger partial charge in [0.2, 0.25) is 0 Å². The first kappa shape index (κ1) is 20.5. The van der Waals surface area contributed by atoms with Crippen molar-refractivity contribution in [3.05, 3.63) is 71.0 Å². The van der Waals surface area contributed by atoms with Gasteiger partial charge in [0, 0.05) is 19.4 Å². The summed E-state index contributed by atoms with van der Waals surface area (Å²) in [5.41, 5.74) is 3.35. The van der Waals surface area contributed by atoms with E-state index < -0.39 is 11.4 Å². The van der Waals surface area contributed by atoms with E-state index >= 15 is 0 Å². The van der Waals surface area contributed by atoms with E-state index in [0.29, 0.717) is 45.3 Å². The molecule has 2 aliphatic rings. The molecule has 6 heteroatoms. The molecule has 1 atom stereocenters. The van der Waals surface area contributed by atoms with Gasteiger partial charge in [-0.05, 0) is 56.1 Å². The topological polar surface area (TPSA) is 62.1 Å². The normalized spacial score (nSPS) is 21.1. The van der Waals surface area contributed by atoms with Crippen LogP contribution >= 0.6 is 0 Å². The molecule has 0 unspecified atom stereocenters. The van der Waals surface area contributed by atoms with Crippen molar-refractivity contribution >= 4 is 11.7 Å². The average molecular weight is 410 g/mol. The fourth-order valence-corrected chi connectivity index (χ4v) is 4.38.